The standard InChI is InChI=1S/C16H13N3O3/c20-19(21)16-9-7-14(22-16)6-8-15-17-10-11-18(15)12-13-4-2-1-3-5-13/h1-11H,12H2. The largest absolute Gasteiger partial charge is 0.433 e. The van der Waals surface area contributed by atoms with Gasteiger partial charge in [0.15, 0.2) is 0 Å². The van der Waals surface area contributed by atoms with Gasteiger partial charge < -0.3 is 8.98 Å². The Morgan fingerprint density at radius 1 is 1.18 bits per heavy atom. The summed E-state index contributed by atoms with van der Waals surface area (Å²) in [5.74, 6) is 0.899. The molecule has 3 rings (SSSR count). The van der Waals surface area contributed by atoms with E-state index in [2.05, 4.69) is 4.98 Å². The van der Waals surface area contributed by atoms with Crippen LogP contribution in [0.1, 0.15) is 17.1 Å². The Hall–Kier alpha value is -3.15. The number of benzene rings is 1. The van der Waals surface area contributed by atoms with Crippen molar-refractivity contribution in [2.45, 2.75) is 6.54 Å². The maximum absolute atomic E-state index is 10.6. The average Bonchev–Trinajstić information content (AvgIpc) is 3.15. The van der Waals surface area contributed by atoms with E-state index in [0.717, 1.165) is 5.82 Å². The van der Waals surface area contributed by atoms with E-state index in [0.29, 0.717) is 12.3 Å². The molecule has 6 heteroatoms. The highest BCUT2D eigenvalue weighted by Crippen LogP contribution is 2.17. The molecule has 110 valence electrons. The lowest BCUT2D eigenvalue weighted by Gasteiger charge is -2.04. The van der Waals surface area contributed by atoms with Crippen molar-refractivity contribution in [3.05, 3.63) is 82.1 Å². The van der Waals surface area contributed by atoms with Crippen LogP contribution in [-0.4, -0.2) is 14.5 Å². The molecule has 0 atom stereocenters. The second-order valence-electron chi connectivity index (χ2n) is 4.67. The lowest BCUT2D eigenvalue weighted by Crippen LogP contribution is -2.00. The van der Waals surface area contributed by atoms with Gasteiger partial charge in [-0.1, -0.05) is 30.3 Å². The van der Waals surface area contributed by atoms with Gasteiger partial charge in [0.25, 0.3) is 0 Å². The van der Waals surface area contributed by atoms with Crippen molar-refractivity contribution in [2.75, 3.05) is 0 Å². The monoisotopic (exact) mass is 295 g/mol. The minimum absolute atomic E-state index is 0.271. The number of hydrogen-bond donors (Lipinski definition) is 0. The molecule has 0 spiro atoms. The maximum atomic E-state index is 10.6. The molecule has 0 saturated carbocycles. The normalized spacial score (nSPS) is 11.1. The van der Waals surface area contributed by atoms with Crippen molar-refractivity contribution in [3.63, 3.8) is 0 Å². The molecule has 2 aromatic heterocycles. The molecule has 0 N–H and O–H groups in total. The number of hydrogen-bond acceptors (Lipinski definition) is 4. The molecule has 22 heavy (non-hydrogen) atoms. The lowest BCUT2D eigenvalue weighted by atomic mass is 10.2. The summed E-state index contributed by atoms with van der Waals surface area (Å²) in [6.07, 6.45) is 7.03. The summed E-state index contributed by atoms with van der Waals surface area (Å²) in [5.41, 5.74) is 1.17. The summed E-state index contributed by atoms with van der Waals surface area (Å²) in [6, 6.07) is 12.9. The Morgan fingerprint density at radius 2 is 2.00 bits per heavy atom. The number of furan rings is 1. The first-order chi connectivity index (χ1) is 10.7. The molecular formula is C16H13N3O3. The highest BCUT2D eigenvalue weighted by atomic mass is 16.6. The fourth-order valence-corrected chi connectivity index (χ4v) is 2.08. The summed E-state index contributed by atoms with van der Waals surface area (Å²) in [7, 11) is 0. The predicted molar refractivity (Wildman–Crippen MR) is 82.1 cm³/mol. The van der Waals surface area contributed by atoms with Gasteiger partial charge in [0, 0.05) is 18.9 Å². The van der Waals surface area contributed by atoms with Crippen LogP contribution in [0.25, 0.3) is 12.2 Å². The summed E-state index contributed by atoms with van der Waals surface area (Å²) in [6.45, 7) is 0.707. The van der Waals surface area contributed by atoms with Crippen molar-refractivity contribution in [1.29, 1.82) is 0 Å². The van der Waals surface area contributed by atoms with Crippen LogP contribution in [0.4, 0.5) is 5.88 Å². The van der Waals surface area contributed by atoms with Gasteiger partial charge in [-0.2, -0.15) is 0 Å². The Bertz CT molecular complexity index is 803. The second kappa shape index (κ2) is 6.09. The highest BCUT2D eigenvalue weighted by Gasteiger charge is 2.10. The molecule has 0 aliphatic rings. The summed E-state index contributed by atoms with van der Waals surface area (Å²) in [5, 5.41) is 10.6. The van der Waals surface area contributed by atoms with E-state index in [9.17, 15) is 10.1 Å². The van der Waals surface area contributed by atoms with Gasteiger partial charge in [0.05, 0.1) is 6.07 Å². The molecule has 3 aromatic rings. The van der Waals surface area contributed by atoms with Crippen molar-refractivity contribution < 1.29 is 9.34 Å². The minimum Gasteiger partial charge on any atom is -0.401 e. The molecule has 6 nitrogen and oxygen atoms in total. The molecule has 0 unspecified atom stereocenters. The van der Waals surface area contributed by atoms with Crippen LogP contribution in [0.15, 0.2) is 59.3 Å². The van der Waals surface area contributed by atoms with Crippen molar-refractivity contribution in [1.82, 2.24) is 9.55 Å². The number of rotatable bonds is 5. The zero-order valence-corrected chi connectivity index (χ0v) is 11.6. The highest BCUT2D eigenvalue weighted by molar-refractivity contribution is 5.64. The van der Waals surface area contributed by atoms with Gasteiger partial charge in [0.1, 0.15) is 16.5 Å². The van der Waals surface area contributed by atoms with Gasteiger partial charge in [-0.15, -0.1) is 0 Å². The molecule has 0 saturated heterocycles. The summed E-state index contributed by atoms with van der Waals surface area (Å²) < 4.78 is 7.07. The van der Waals surface area contributed by atoms with Crippen molar-refractivity contribution >= 4 is 18.0 Å². The zero-order chi connectivity index (χ0) is 15.4. The number of nitrogens with zero attached hydrogens (tertiary/aromatic N) is 3. The van der Waals surface area contributed by atoms with Crippen LogP contribution in [0, 0.1) is 10.1 Å². The zero-order valence-electron chi connectivity index (χ0n) is 11.6. The smallest absolute Gasteiger partial charge is 0.401 e. The van der Waals surface area contributed by atoms with E-state index < -0.39 is 4.92 Å². The van der Waals surface area contributed by atoms with Gasteiger partial charge >= 0.3 is 5.88 Å². The predicted octanol–water partition coefficient (Wildman–Crippen LogP) is 3.60. The van der Waals surface area contributed by atoms with E-state index in [1.165, 1.54) is 11.6 Å². The third-order valence-electron chi connectivity index (χ3n) is 3.13. The fraction of sp³-hybridized carbons (Fsp3) is 0.0625. The van der Waals surface area contributed by atoms with E-state index in [4.69, 9.17) is 4.42 Å². The van der Waals surface area contributed by atoms with Gasteiger partial charge in [0.2, 0.25) is 0 Å². The number of nitro groups is 1. The fourth-order valence-electron chi connectivity index (χ4n) is 2.08. The topological polar surface area (TPSA) is 74.1 Å². The molecule has 0 amide bonds. The SMILES string of the molecule is O=[N+]([O-])c1ccc(C=Cc2nccn2Cc2ccccc2)o1. The van der Waals surface area contributed by atoms with Gasteiger partial charge in [-0.3, -0.25) is 10.1 Å². The van der Waals surface area contributed by atoms with Crippen LogP contribution in [0.5, 0.6) is 0 Å². The molecule has 0 bridgehead atoms. The first-order valence-electron chi connectivity index (χ1n) is 6.70. The lowest BCUT2D eigenvalue weighted by molar-refractivity contribution is -0.402. The third kappa shape index (κ3) is 3.12. The Labute approximate surface area is 126 Å². The molecule has 0 radical (unpaired) electrons. The second-order valence-corrected chi connectivity index (χ2v) is 4.67. The van der Waals surface area contributed by atoms with E-state index in [-0.39, 0.29) is 5.88 Å². The number of imidazole rings is 1. The summed E-state index contributed by atoms with van der Waals surface area (Å²) in [4.78, 5) is 14.3. The third-order valence-corrected chi connectivity index (χ3v) is 3.13. The van der Waals surface area contributed by atoms with Crippen LogP contribution in [0.3, 0.4) is 0 Å². The molecule has 2 heterocycles. The van der Waals surface area contributed by atoms with E-state index >= 15 is 0 Å². The van der Waals surface area contributed by atoms with E-state index in [1.54, 1.807) is 24.4 Å². The number of aromatic nitrogens is 2. The van der Waals surface area contributed by atoms with Crippen LogP contribution in [0.2, 0.25) is 0 Å². The van der Waals surface area contributed by atoms with Crippen molar-refractivity contribution in [3.8, 4) is 0 Å². The van der Waals surface area contributed by atoms with E-state index in [1.807, 2.05) is 41.1 Å². The Kier molecular flexibility index (Phi) is 3.82. The summed E-state index contributed by atoms with van der Waals surface area (Å²) >= 11 is 0. The van der Waals surface area contributed by atoms with Gasteiger partial charge in [-0.05, 0) is 23.8 Å². The van der Waals surface area contributed by atoms with Gasteiger partial charge in [-0.25, -0.2) is 4.98 Å². The Morgan fingerprint density at radius 3 is 2.73 bits per heavy atom. The van der Waals surface area contributed by atoms with Crippen molar-refractivity contribution in [2.24, 2.45) is 0 Å². The molecule has 1 aromatic carbocycles. The average molecular weight is 295 g/mol. The van der Waals surface area contributed by atoms with Crippen LogP contribution in [-0.2, 0) is 6.54 Å². The molecule has 0 aliphatic heterocycles. The Balaban J connectivity index is 1.77. The first kappa shape index (κ1) is 13.8. The van der Waals surface area contributed by atoms with Crippen LogP contribution < -0.4 is 0 Å². The first-order valence-corrected chi connectivity index (χ1v) is 6.70. The van der Waals surface area contributed by atoms with Crippen LogP contribution >= 0.6 is 0 Å². The minimum atomic E-state index is -0.562. The quantitative estimate of drug-likeness (QED) is 0.532. The molecule has 0 fully saturated rings. The maximum Gasteiger partial charge on any atom is 0.433 e. The molecule has 0 aliphatic carbocycles. The molecular weight excluding hydrogens is 282 g/mol.